The van der Waals surface area contributed by atoms with E-state index in [1.165, 1.54) is 31.0 Å². The van der Waals surface area contributed by atoms with E-state index in [2.05, 4.69) is 6.07 Å². The van der Waals surface area contributed by atoms with Gasteiger partial charge in [-0.3, -0.25) is 4.79 Å². The van der Waals surface area contributed by atoms with Crippen LogP contribution in [0.5, 0.6) is 17.2 Å². The topological polar surface area (TPSA) is 68.5 Å². The first-order valence-corrected chi connectivity index (χ1v) is 11.6. The molecule has 0 radical (unpaired) electrons. The lowest BCUT2D eigenvalue weighted by Crippen LogP contribution is -2.34. The second kappa shape index (κ2) is 9.63. The Labute approximate surface area is 203 Å². The molecule has 5 nitrogen and oxygen atoms in total. The highest BCUT2D eigenvalue weighted by Crippen LogP contribution is 2.39. The van der Waals surface area contributed by atoms with Gasteiger partial charge in [0.15, 0.2) is 17.3 Å². The highest BCUT2D eigenvalue weighted by Gasteiger charge is 2.37. The van der Waals surface area contributed by atoms with E-state index >= 15 is 0 Å². The van der Waals surface area contributed by atoms with E-state index in [4.69, 9.17) is 19.5 Å². The molecule has 0 saturated heterocycles. The highest BCUT2D eigenvalue weighted by molar-refractivity contribution is 6.05. The van der Waals surface area contributed by atoms with Crippen molar-refractivity contribution in [1.82, 2.24) is 0 Å². The van der Waals surface area contributed by atoms with Crippen molar-refractivity contribution in [2.45, 2.75) is 24.9 Å². The molecule has 0 bridgehead atoms. The van der Waals surface area contributed by atoms with Crippen molar-refractivity contribution in [2.24, 2.45) is 5.92 Å². The summed E-state index contributed by atoms with van der Waals surface area (Å²) in [5.41, 5.74) is 2.35. The molecular weight excluding hydrogens is 445 g/mol. The molecule has 3 aromatic rings. The Hall–Kier alpha value is -4.11. The largest absolute Gasteiger partial charge is 0.493 e. The van der Waals surface area contributed by atoms with Crippen LogP contribution >= 0.6 is 0 Å². The Morgan fingerprint density at radius 3 is 2.66 bits per heavy atom. The van der Waals surface area contributed by atoms with Crippen LogP contribution in [0.2, 0.25) is 0 Å². The molecule has 35 heavy (non-hydrogen) atoms. The number of halogens is 1. The summed E-state index contributed by atoms with van der Waals surface area (Å²) in [5, 5.41) is 9.15. The summed E-state index contributed by atoms with van der Waals surface area (Å²) in [6.45, 7) is 0.625. The normalized spacial score (nSPS) is 19.1. The fourth-order valence-electron chi connectivity index (χ4n) is 4.25. The van der Waals surface area contributed by atoms with E-state index in [0.29, 0.717) is 35.2 Å². The van der Waals surface area contributed by atoms with E-state index in [-0.39, 0.29) is 11.5 Å². The number of benzene rings is 3. The van der Waals surface area contributed by atoms with Crippen molar-refractivity contribution < 1.29 is 23.4 Å². The number of para-hydroxylation sites is 1. The first-order valence-electron chi connectivity index (χ1n) is 11.6. The van der Waals surface area contributed by atoms with Crippen molar-refractivity contribution in [3.8, 4) is 23.3 Å². The number of Topliss-reactive ketones (excluding diaryl/α,β-unsaturated/α-hetero) is 1. The van der Waals surface area contributed by atoms with Crippen LogP contribution in [0.1, 0.15) is 45.8 Å². The Bertz CT molecular complexity index is 1320. The number of nitriles is 1. The first kappa shape index (κ1) is 22.7. The van der Waals surface area contributed by atoms with Crippen LogP contribution in [0.3, 0.4) is 0 Å². The van der Waals surface area contributed by atoms with Crippen LogP contribution in [-0.2, 0) is 0 Å². The van der Waals surface area contributed by atoms with E-state index in [0.717, 1.165) is 11.1 Å². The van der Waals surface area contributed by atoms with Gasteiger partial charge in [-0.1, -0.05) is 30.3 Å². The number of methoxy groups -OCH3 is 1. The van der Waals surface area contributed by atoms with Gasteiger partial charge in [0.25, 0.3) is 0 Å². The van der Waals surface area contributed by atoms with Crippen LogP contribution in [0.4, 0.5) is 4.39 Å². The predicted octanol–water partition coefficient (Wildman–Crippen LogP) is 5.94. The molecule has 1 heterocycles. The monoisotopic (exact) mass is 469 g/mol. The fraction of sp³-hybridized carbons (Fsp3) is 0.241. The van der Waals surface area contributed by atoms with Crippen LogP contribution in [0, 0.1) is 23.1 Å². The molecule has 176 valence electrons. The van der Waals surface area contributed by atoms with Crippen LogP contribution < -0.4 is 14.2 Å². The van der Waals surface area contributed by atoms with Crippen LogP contribution in [0.15, 0.2) is 66.7 Å². The molecule has 1 saturated carbocycles. The molecule has 1 aliphatic carbocycles. The standard InChI is InChI=1S/C29H24FNO4/c1-33-25-4-2-3-21(29(25)34-17-19-5-6-19)11-14-24-27(20-9-7-18(16-31)8-10-20)28(32)23-13-12-22(30)15-26(23)35-24/h2-4,7-15,19,24,27H,5-6,17H2,1H3/b14-11+. The third-order valence-corrected chi connectivity index (χ3v) is 6.34. The maximum absolute atomic E-state index is 13.9. The van der Waals surface area contributed by atoms with Gasteiger partial charge in [0.2, 0.25) is 0 Å². The minimum Gasteiger partial charge on any atom is -0.493 e. The number of nitrogens with zero attached hydrogens (tertiary/aromatic N) is 1. The second-order valence-corrected chi connectivity index (χ2v) is 8.79. The summed E-state index contributed by atoms with van der Waals surface area (Å²) in [4.78, 5) is 13.5. The number of carbonyl (C=O) groups is 1. The molecular formula is C29H24FNO4. The molecule has 0 spiro atoms. The number of rotatable bonds is 7. The lowest BCUT2D eigenvalue weighted by molar-refractivity contribution is 0.0842. The zero-order valence-electron chi connectivity index (χ0n) is 19.2. The number of ether oxygens (including phenoxy) is 3. The van der Waals surface area contributed by atoms with Gasteiger partial charge in [-0.15, -0.1) is 0 Å². The van der Waals surface area contributed by atoms with Crippen molar-refractivity contribution in [2.75, 3.05) is 13.7 Å². The molecule has 2 atom stereocenters. The Balaban J connectivity index is 1.52. The molecule has 0 amide bonds. The van der Waals surface area contributed by atoms with Gasteiger partial charge in [-0.2, -0.15) is 5.26 Å². The minimum atomic E-state index is -0.688. The number of carbonyl (C=O) groups excluding carboxylic acids is 1. The molecule has 0 aromatic heterocycles. The Morgan fingerprint density at radius 2 is 1.94 bits per heavy atom. The van der Waals surface area contributed by atoms with Gasteiger partial charge < -0.3 is 14.2 Å². The quantitative estimate of drug-likeness (QED) is 0.429. The Kier molecular flexibility index (Phi) is 6.24. The number of ketones is 1. The lowest BCUT2D eigenvalue weighted by Gasteiger charge is -2.31. The number of fused-ring (bicyclic) bond motifs is 1. The van der Waals surface area contributed by atoms with E-state index in [1.807, 2.05) is 24.3 Å². The van der Waals surface area contributed by atoms with Gasteiger partial charge in [-0.25, -0.2) is 4.39 Å². The fourth-order valence-corrected chi connectivity index (χ4v) is 4.25. The molecule has 5 rings (SSSR count). The predicted molar refractivity (Wildman–Crippen MR) is 129 cm³/mol. The Morgan fingerprint density at radius 1 is 1.14 bits per heavy atom. The smallest absolute Gasteiger partial charge is 0.178 e. The number of hydrogen-bond donors (Lipinski definition) is 0. The summed E-state index contributed by atoms with van der Waals surface area (Å²) in [6, 6.07) is 18.5. The van der Waals surface area contributed by atoms with Gasteiger partial charge in [0.05, 0.1) is 36.8 Å². The maximum atomic E-state index is 13.9. The van der Waals surface area contributed by atoms with Crippen molar-refractivity contribution >= 4 is 11.9 Å². The SMILES string of the molecule is COc1cccc(/C=C/C2Oc3cc(F)ccc3C(=O)C2c2ccc(C#N)cc2)c1OCC1CC1. The zero-order valence-corrected chi connectivity index (χ0v) is 19.2. The summed E-state index contributed by atoms with van der Waals surface area (Å²) in [7, 11) is 1.60. The molecule has 3 aromatic carbocycles. The molecule has 0 N–H and O–H groups in total. The number of hydrogen-bond acceptors (Lipinski definition) is 5. The van der Waals surface area contributed by atoms with Gasteiger partial charge in [-0.05, 0) is 60.7 Å². The molecule has 2 aliphatic rings. The van der Waals surface area contributed by atoms with E-state index in [9.17, 15) is 9.18 Å². The zero-order chi connectivity index (χ0) is 24.4. The summed E-state index contributed by atoms with van der Waals surface area (Å²) in [5.74, 6) is 0.763. The summed E-state index contributed by atoms with van der Waals surface area (Å²) in [6.07, 6.45) is 5.30. The molecule has 1 fully saturated rings. The third kappa shape index (κ3) is 4.76. The summed E-state index contributed by atoms with van der Waals surface area (Å²) >= 11 is 0. The van der Waals surface area contributed by atoms with Crippen LogP contribution in [0.25, 0.3) is 6.08 Å². The third-order valence-electron chi connectivity index (χ3n) is 6.34. The average molecular weight is 470 g/mol. The van der Waals surface area contributed by atoms with Crippen molar-refractivity contribution in [1.29, 1.82) is 5.26 Å². The van der Waals surface area contributed by atoms with Crippen molar-refractivity contribution in [3.05, 3.63) is 94.8 Å². The lowest BCUT2D eigenvalue weighted by atomic mass is 9.83. The van der Waals surface area contributed by atoms with E-state index < -0.39 is 17.8 Å². The molecule has 6 heteroatoms. The summed E-state index contributed by atoms with van der Waals surface area (Å²) < 4.78 is 31.7. The van der Waals surface area contributed by atoms with E-state index in [1.54, 1.807) is 37.5 Å². The molecule has 2 unspecified atom stereocenters. The molecule has 1 aliphatic heterocycles. The minimum absolute atomic E-state index is 0.165. The maximum Gasteiger partial charge on any atom is 0.178 e. The van der Waals surface area contributed by atoms with Gasteiger partial charge in [0, 0.05) is 11.6 Å². The first-order chi connectivity index (χ1) is 17.1. The second-order valence-electron chi connectivity index (χ2n) is 8.79. The average Bonchev–Trinajstić information content (AvgIpc) is 3.71. The highest BCUT2D eigenvalue weighted by atomic mass is 19.1. The van der Waals surface area contributed by atoms with Crippen molar-refractivity contribution in [3.63, 3.8) is 0 Å². The van der Waals surface area contributed by atoms with Gasteiger partial charge in [0.1, 0.15) is 17.7 Å². The van der Waals surface area contributed by atoms with Gasteiger partial charge >= 0.3 is 0 Å². The van der Waals surface area contributed by atoms with Crippen LogP contribution in [-0.4, -0.2) is 25.6 Å².